The summed E-state index contributed by atoms with van der Waals surface area (Å²) in [5.41, 5.74) is 1.48. The summed E-state index contributed by atoms with van der Waals surface area (Å²) in [4.78, 5) is 23.5. The summed E-state index contributed by atoms with van der Waals surface area (Å²) in [5.74, 6) is 0.722. The second kappa shape index (κ2) is 8.50. The number of rotatable bonds is 3. The lowest BCUT2D eigenvalue weighted by atomic mass is 9.95. The van der Waals surface area contributed by atoms with E-state index in [9.17, 15) is 9.18 Å². The first-order chi connectivity index (χ1) is 13.7. The van der Waals surface area contributed by atoms with Crippen LogP contribution < -0.4 is 5.32 Å². The van der Waals surface area contributed by atoms with Gasteiger partial charge in [0.15, 0.2) is 0 Å². The van der Waals surface area contributed by atoms with Crippen LogP contribution in [0.3, 0.4) is 0 Å². The average Bonchev–Trinajstić information content (AvgIpc) is 2.75. The van der Waals surface area contributed by atoms with E-state index in [1.54, 1.807) is 18.3 Å². The van der Waals surface area contributed by atoms with E-state index >= 15 is 0 Å². The van der Waals surface area contributed by atoms with Crippen molar-refractivity contribution in [2.75, 3.05) is 13.1 Å². The molecule has 2 amide bonds. The van der Waals surface area contributed by atoms with E-state index in [4.69, 9.17) is 0 Å². The Morgan fingerprint density at radius 3 is 2.75 bits per heavy atom. The molecule has 146 valence electrons. The van der Waals surface area contributed by atoms with Crippen LogP contribution in [0.4, 0.5) is 9.18 Å². The van der Waals surface area contributed by atoms with Crippen molar-refractivity contribution < 1.29 is 9.18 Å². The summed E-state index contributed by atoms with van der Waals surface area (Å²) < 4.78 is 13.5. The quantitative estimate of drug-likeness (QED) is 0.809. The molecule has 1 N–H and O–H groups in total. The summed E-state index contributed by atoms with van der Waals surface area (Å²) >= 11 is 0. The van der Waals surface area contributed by atoms with Gasteiger partial charge >= 0.3 is 6.03 Å². The Balaban J connectivity index is 1.36. The minimum Gasteiger partial charge on any atom is -0.335 e. The predicted molar refractivity (Wildman–Crippen MR) is 106 cm³/mol. The van der Waals surface area contributed by atoms with Crippen molar-refractivity contribution in [1.29, 1.82) is 0 Å². The summed E-state index contributed by atoms with van der Waals surface area (Å²) in [6.07, 6.45) is 10.7. The Hall–Kier alpha value is -2.76. The van der Waals surface area contributed by atoms with Gasteiger partial charge in [0.05, 0.1) is 5.69 Å². The molecule has 1 aromatic carbocycles. The minimum atomic E-state index is -0.273. The van der Waals surface area contributed by atoms with E-state index in [0.29, 0.717) is 13.1 Å². The molecule has 0 radical (unpaired) electrons. The van der Waals surface area contributed by atoms with Crippen LogP contribution in [-0.2, 0) is 0 Å². The smallest absolute Gasteiger partial charge is 0.317 e. The van der Waals surface area contributed by atoms with Crippen LogP contribution >= 0.6 is 0 Å². The van der Waals surface area contributed by atoms with Gasteiger partial charge in [-0.1, -0.05) is 24.3 Å². The van der Waals surface area contributed by atoms with Gasteiger partial charge in [0.1, 0.15) is 11.6 Å². The third kappa shape index (κ3) is 4.38. The van der Waals surface area contributed by atoms with Gasteiger partial charge in [-0.05, 0) is 50.3 Å². The highest BCUT2D eigenvalue weighted by Crippen LogP contribution is 2.27. The van der Waals surface area contributed by atoms with Crippen LogP contribution in [0, 0.1) is 5.82 Å². The number of carbonyl (C=O) groups is 1. The van der Waals surface area contributed by atoms with E-state index in [2.05, 4.69) is 27.4 Å². The number of allylic oxidation sites excluding steroid dienone is 1. The number of urea groups is 1. The molecule has 1 atom stereocenters. The molecule has 4 rings (SSSR count). The first kappa shape index (κ1) is 18.6. The number of amides is 2. The van der Waals surface area contributed by atoms with Crippen LogP contribution in [0.25, 0.3) is 11.3 Å². The Kier molecular flexibility index (Phi) is 5.65. The number of likely N-dealkylation sites (tertiary alicyclic amines) is 1. The third-order valence-electron chi connectivity index (χ3n) is 5.54. The van der Waals surface area contributed by atoms with Crippen molar-refractivity contribution in [3.05, 3.63) is 60.3 Å². The first-order valence-corrected chi connectivity index (χ1v) is 9.98. The van der Waals surface area contributed by atoms with E-state index in [0.717, 1.165) is 49.2 Å². The molecule has 2 aliphatic rings. The molecule has 5 nitrogen and oxygen atoms in total. The number of nitrogens with one attached hydrogen (secondary N) is 1. The van der Waals surface area contributed by atoms with Gasteiger partial charge in [-0.15, -0.1) is 0 Å². The fourth-order valence-corrected chi connectivity index (χ4v) is 3.91. The van der Waals surface area contributed by atoms with E-state index in [1.807, 2.05) is 11.0 Å². The molecule has 0 bridgehead atoms. The van der Waals surface area contributed by atoms with Gasteiger partial charge in [0.2, 0.25) is 0 Å². The number of nitrogens with zero attached hydrogens (tertiary/aromatic N) is 3. The van der Waals surface area contributed by atoms with E-state index in [-0.39, 0.29) is 23.8 Å². The number of hydrogen-bond acceptors (Lipinski definition) is 3. The molecule has 2 aromatic rings. The Labute approximate surface area is 164 Å². The van der Waals surface area contributed by atoms with Crippen LogP contribution in [-0.4, -0.2) is 40.0 Å². The number of hydrogen-bond donors (Lipinski definition) is 1. The standard InChI is InChI=1S/C22H25FN4O/c23-18-6-4-5-17(15-18)20-9-12-24-21(26-20)16-10-13-27(14-11-16)22(28)25-19-7-2-1-3-8-19/h1-2,4-6,9,12,15-16,19H,3,7-8,10-11,13-14H2,(H,25,28). The predicted octanol–water partition coefficient (Wildman–Crippen LogP) is 4.28. The normalized spacial score (nSPS) is 20.2. The molecule has 1 fully saturated rings. The average molecular weight is 380 g/mol. The molecule has 1 unspecified atom stereocenters. The van der Waals surface area contributed by atoms with Crippen LogP contribution in [0.5, 0.6) is 0 Å². The van der Waals surface area contributed by atoms with Crippen molar-refractivity contribution in [1.82, 2.24) is 20.2 Å². The Bertz CT molecular complexity index is 861. The Morgan fingerprint density at radius 2 is 2.00 bits per heavy atom. The maximum absolute atomic E-state index is 13.5. The van der Waals surface area contributed by atoms with Gasteiger partial charge < -0.3 is 10.2 Å². The van der Waals surface area contributed by atoms with Crippen LogP contribution in [0.1, 0.15) is 43.8 Å². The molecule has 2 heterocycles. The highest BCUT2D eigenvalue weighted by Gasteiger charge is 2.26. The van der Waals surface area contributed by atoms with Gasteiger partial charge in [-0.25, -0.2) is 19.2 Å². The molecule has 1 saturated heterocycles. The number of halogens is 1. The summed E-state index contributed by atoms with van der Waals surface area (Å²) in [6, 6.07) is 8.54. The number of carbonyl (C=O) groups excluding carboxylic acids is 1. The summed E-state index contributed by atoms with van der Waals surface area (Å²) in [6.45, 7) is 1.40. The topological polar surface area (TPSA) is 58.1 Å². The van der Waals surface area contributed by atoms with Crippen molar-refractivity contribution in [3.63, 3.8) is 0 Å². The zero-order chi connectivity index (χ0) is 19.3. The van der Waals surface area contributed by atoms with Crippen molar-refractivity contribution >= 4 is 6.03 Å². The molecule has 28 heavy (non-hydrogen) atoms. The SMILES string of the molecule is O=C(NC1CC=CCC1)N1CCC(c2nccc(-c3cccc(F)c3)n2)CC1. The zero-order valence-corrected chi connectivity index (χ0v) is 15.9. The van der Waals surface area contributed by atoms with E-state index < -0.39 is 0 Å². The summed E-state index contributed by atoms with van der Waals surface area (Å²) in [7, 11) is 0. The van der Waals surface area contributed by atoms with Crippen LogP contribution in [0.15, 0.2) is 48.7 Å². The maximum atomic E-state index is 13.5. The molecular formula is C22H25FN4O. The lowest BCUT2D eigenvalue weighted by Crippen LogP contribution is -2.47. The molecule has 1 aromatic heterocycles. The molecule has 1 aliphatic carbocycles. The second-order valence-corrected chi connectivity index (χ2v) is 7.50. The molecule has 0 spiro atoms. The maximum Gasteiger partial charge on any atom is 0.317 e. The fraction of sp³-hybridized carbons (Fsp3) is 0.409. The fourth-order valence-electron chi connectivity index (χ4n) is 3.91. The van der Waals surface area contributed by atoms with Gasteiger partial charge in [-0.2, -0.15) is 0 Å². The molecule has 6 heteroatoms. The summed E-state index contributed by atoms with van der Waals surface area (Å²) in [5, 5.41) is 3.15. The van der Waals surface area contributed by atoms with Crippen molar-refractivity contribution in [2.24, 2.45) is 0 Å². The molecule has 0 saturated carbocycles. The number of benzene rings is 1. The highest BCUT2D eigenvalue weighted by molar-refractivity contribution is 5.74. The highest BCUT2D eigenvalue weighted by atomic mass is 19.1. The van der Waals surface area contributed by atoms with Gasteiger partial charge in [-0.3, -0.25) is 0 Å². The van der Waals surface area contributed by atoms with Crippen molar-refractivity contribution in [2.45, 2.75) is 44.1 Å². The van der Waals surface area contributed by atoms with Gasteiger partial charge in [0.25, 0.3) is 0 Å². The Morgan fingerprint density at radius 1 is 1.14 bits per heavy atom. The molecule has 1 aliphatic heterocycles. The lowest BCUT2D eigenvalue weighted by Gasteiger charge is -2.33. The van der Waals surface area contributed by atoms with Gasteiger partial charge in [0, 0.05) is 36.8 Å². The third-order valence-corrected chi connectivity index (χ3v) is 5.54. The zero-order valence-electron chi connectivity index (χ0n) is 15.9. The van der Waals surface area contributed by atoms with Crippen molar-refractivity contribution in [3.8, 4) is 11.3 Å². The number of piperidine rings is 1. The minimum absolute atomic E-state index is 0.0354. The lowest BCUT2D eigenvalue weighted by molar-refractivity contribution is 0.176. The second-order valence-electron chi connectivity index (χ2n) is 7.50. The van der Waals surface area contributed by atoms with E-state index in [1.165, 1.54) is 12.1 Å². The monoisotopic (exact) mass is 380 g/mol. The van der Waals surface area contributed by atoms with Crippen LogP contribution in [0.2, 0.25) is 0 Å². The molecular weight excluding hydrogens is 355 g/mol. The largest absolute Gasteiger partial charge is 0.335 e. The first-order valence-electron chi connectivity index (χ1n) is 9.98. The number of aromatic nitrogens is 2.